The summed E-state index contributed by atoms with van der Waals surface area (Å²) >= 11 is 0. The fourth-order valence-corrected chi connectivity index (χ4v) is 2.03. The van der Waals surface area contributed by atoms with Crippen LogP contribution in [0.25, 0.3) is 0 Å². The zero-order chi connectivity index (χ0) is 14.9. The lowest BCUT2D eigenvalue weighted by atomic mass is 10.1. The van der Waals surface area contributed by atoms with Crippen molar-refractivity contribution in [3.63, 3.8) is 0 Å². The molecule has 5 nitrogen and oxygen atoms in total. The van der Waals surface area contributed by atoms with E-state index in [0.29, 0.717) is 18.3 Å². The van der Waals surface area contributed by atoms with Gasteiger partial charge in [0.25, 0.3) is 0 Å². The summed E-state index contributed by atoms with van der Waals surface area (Å²) in [4.78, 5) is 35.3. The van der Waals surface area contributed by atoms with E-state index in [2.05, 4.69) is 0 Å². The predicted octanol–water partition coefficient (Wildman–Crippen LogP) is 2.03. The molecule has 0 aliphatic heterocycles. The second kappa shape index (κ2) is 5.45. The summed E-state index contributed by atoms with van der Waals surface area (Å²) in [5, 5.41) is 0. The van der Waals surface area contributed by atoms with E-state index in [1.807, 2.05) is 13.8 Å². The number of carbonyl (C=O) groups excluding carboxylic acids is 3. The normalized spacial score (nSPS) is 17.3. The topological polar surface area (TPSA) is 69.7 Å². The molecule has 0 fully saturated rings. The number of Topliss-reactive ketones (excluding diaryl/α,β-unsaturated/α-hetero) is 2. The van der Waals surface area contributed by atoms with Gasteiger partial charge in [-0.1, -0.05) is 26.0 Å². The highest BCUT2D eigenvalue weighted by Crippen LogP contribution is 2.32. The first kappa shape index (κ1) is 14.2. The van der Waals surface area contributed by atoms with Crippen molar-refractivity contribution in [2.75, 3.05) is 6.61 Å². The monoisotopic (exact) mass is 276 g/mol. The average molecular weight is 276 g/mol. The lowest BCUT2D eigenvalue weighted by molar-refractivity contribution is -0.142. The number of ether oxygens (including phenoxy) is 2. The summed E-state index contributed by atoms with van der Waals surface area (Å²) in [6, 6.07) is 4.83. The molecule has 1 aromatic carbocycles. The van der Waals surface area contributed by atoms with Gasteiger partial charge in [0.15, 0.2) is 0 Å². The number of esters is 1. The summed E-state index contributed by atoms with van der Waals surface area (Å²) in [6.07, 6.45) is -1.37. The summed E-state index contributed by atoms with van der Waals surface area (Å²) in [5.41, 5.74) is 0.465. The van der Waals surface area contributed by atoms with E-state index in [1.54, 1.807) is 18.2 Å². The molecule has 0 saturated carbocycles. The fourth-order valence-electron chi connectivity index (χ4n) is 2.03. The highest BCUT2D eigenvalue weighted by atomic mass is 16.5. The Morgan fingerprint density at radius 3 is 2.55 bits per heavy atom. The average Bonchev–Trinajstić information content (AvgIpc) is 2.62. The third kappa shape index (κ3) is 2.57. The third-order valence-electron chi connectivity index (χ3n) is 2.87. The van der Waals surface area contributed by atoms with Crippen LogP contribution in [0.1, 0.15) is 41.5 Å². The maximum absolute atomic E-state index is 12.2. The second-order valence-electron chi connectivity index (χ2n) is 5.10. The van der Waals surface area contributed by atoms with Crippen molar-refractivity contribution in [1.29, 1.82) is 0 Å². The molecule has 0 bridgehead atoms. The number of fused-ring (bicyclic) bond motifs is 1. The second-order valence-corrected chi connectivity index (χ2v) is 5.10. The minimum Gasteiger partial charge on any atom is -0.493 e. The Kier molecular flexibility index (Phi) is 3.88. The molecular weight excluding hydrogens is 260 g/mol. The zero-order valence-corrected chi connectivity index (χ0v) is 11.6. The minimum absolute atomic E-state index is 0.212. The number of hydrogen-bond acceptors (Lipinski definition) is 5. The molecule has 0 spiro atoms. The molecule has 1 aliphatic carbocycles. The van der Waals surface area contributed by atoms with Crippen LogP contribution in [0.3, 0.4) is 0 Å². The SMILES string of the molecule is CC(=O)OC1C(=O)c2cccc(OCC(C)C)c2C1=O. The van der Waals surface area contributed by atoms with Crippen LogP contribution in [0.4, 0.5) is 0 Å². The summed E-state index contributed by atoms with van der Waals surface area (Å²) < 4.78 is 10.4. The number of ketones is 2. The van der Waals surface area contributed by atoms with Crippen LogP contribution in [0.15, 0.2) is 18.2 Å². The van der Waals surface area contributed by atoms with E-state index < -0.39 is 23.6 Å². The van der Waals surface area contributed by atoms with E-state index in [4.69, 9.17) is 9.47 Å². The van der Waals surface area contributed by atoms with Crippen LogP contribution < -0.4 is 4.74 Å². The molecule has 0 N–H and O–H groups in total. The number of benzene rings is 1. The summed E-state index contributed by atoms with van der Waals surface area (Å²) in [6.45, 7) is 5.57. The quantitative estimate of drug-likeness (QED) is 0.621. The molecule has 0 amide bonds. The van der Waals surface area contributed by atoms with Gasteiger partial charge < -0.3 is 9.47 Å². The third-order valence-corrected chi connectivity index (χ3v) is 2.87. The van der Waals surface area contributed by atoms with Gasteiger partial charge in [0.1, 0.15) is 5.75 Å². The van der Waals surface area contributed by atoms with Crippen LogP contribution >= 0.6 is 0 Å². The predicted molar refractivity (Wildman–Crippen MR) is 71.0 cm³/mol. The maximum Gasteiger partial charge on any atom is 0.303 e. The van der Waals surface area contributed by atoms with Crippen LogP contribution in [0.2, 0.25) is 0 Å². The molecule has 0 aromatic heterocycles. The van der Waals surface area contributed by atoms with Crippen LogP contribution in [-0.4, -0.2) is 30.2 Å². The first-order chi connectivity index (χ1) is 9.41. The van der Waals surface area contributed by atoms with Crippen LogP contribution in [-0.2, 0) is 9.53 Å². The minimum atomic E-state index is -1.37. The highest BCUT2D eigenvalue weighted by molar-refractivity contribution is 6.30. The molecule has 2 rings (SSSR count). The van der Waals surface area contributed by atoms with Crippen LogP contribution in [0.5, 0.6) is 5.75 Å². The molecule has 106 valence electrons. The summed E-state index contributed by atoms with van der Waals surface area (Å²) in [5.74, 6) is -1.00. The van der Waals surface area contributed by atoms with Crippen molar-refractivity contribution in [3.8, 4) is 5.75 Å². The van der Waals surface area contributed by atoms with Gasteiger partial charge in [-0.15, -0.1) is 0 Å². The van der Waals surface area contributed by atoms with Gasteiger partial charge in [0, 0.05) is 12.5 Å². The lowest BCUT2D eigenvalue weighted by Crippen LogP contribution is -2.27. The molecule has 0 radical (unpaired) electrons. The van der Waals surface area contributed by atoms with Crippen molar-refractivity contribution in [3.05, 3.63) is 29.3 Å². The van der Waals surface area contributed by atoms with Crippen molar-refractivity contribution in [2.24, 2.45) is 5.92 Å². The first-order valence-corrected chi connectivity index (χ1v) is 6.43. The molecule has 1 aliphatic rings. The smallest absolute Gasteiger partial charge is 0.303 e. The Hall–Kier alpha value is -2.17. The maximum atomic E-state index is 12.2. The molecule has 0 heterocycles. The van der Waals surface area contributed by atoms with Crippen LogP contribution in [0, 0.1) is 5.92 Å². The van der Waals surface area contributed by atoms with Crippen molar-refractivity contribution >= 4 is 17.5 Å². The highest BCUT2D eigenvalue weighted by Gasteiger charge is 2.43. The van der Waals surface area contributed by atoms with E-state index in [0.717, 1.165) is 0 Å². The van der Waals surface area contributed by atoms with Gasteiger partial charge in [-0.3, -0.25) is 14.4 Å². The van der Waals surface area contributed by atoms with Gasteiger partial charge in [-0.25, -0.2) is 0 Å². The Labute approximate surface area is 116 Å². The molecule has 20 heavy (non-hydrogen) atoms. The Morgan fingerprint density at radius 1 is 1.25 bits per heavy atom. The molecule has 5 heteroatoms. The van der Waals surface area contributed by atoms with Crippen molar-refractivity contribution < 1.29 is 23.9 Å². The molecule has 0 saturated heterocycles. The van der Waals surface area contributed by atoms with Crippen molar-refractivity contribution in [1.82, 2.24) is 0 Å². The Balaban J connectivity index is 2.35. The van der Waals surface area contributed by atoms with Gasteiger partial charge >= 0.3 is 5.97 Å². The van der Waals surface area contributed by atoms with Gasteiger partial charge in [0.2, 0.25) is 17.7 Å². The van der Waals surface area contributed by atoms with Gasteiger partial charge in [0.05, 0.1) is 12.2 Å². The largest absolute Gasteiger partial charge is 0.493 e. The Morgan fingerprint density at radius 2 is 1.95 bits per heavy atom. The van der Waals surface area contributed by atoms with E-state index in [-0.39, 0.29) is 11.1 Å². The van der Waals surface area contributed by atoms with E-state index in [9.17, 15) is 14.4 Å². The molecular formula is C15H16O5. The van der Waals surface area contributed by atoms with Gasteiger partial charge in [-0.2, -0.15) is 0 Å². The Bertz CT molecular complexity index is 574. The first-order valence-electron chi connectivity index (χ1n) is 6.43. The zero-order valence-electron chi connectivity index (χ0n) is 11.6. The van der Waals surface area contributed by atoms with Gasteiger partial charge in [-0.05, 0) is 12.0 Å². The number of hydrogen-bond donors (Lipinski definition) is 0. The fraction of sp³-hybridized carbons (Fsp3) is 0.400. The standard InChI is InChI=1S/C15H16O5/c1-8(2)7-19-11-6-4-5-10-12(11)14(18)15(13(10)17)20-9(3)16/h4-6,8,15H,7H2,1-3H3. The number of carbonyl (C=O) groups is 3. The molecule has 1 aromatic rings. The van der Waals surface area contributed by atoms with E-state index in [1.165, 1.54) is 6.92 Å². The van der Waals surface area contributed by atoms with Crippen molar-refractivity contribution in [2.45, 2.75) is 26.9 Å². The summed E-state index contributed by atoms with van der Waals surface area (Å²) in [7, 11) is 0. The molecule has 1 atom stereocenters. The lowest BCUT2D eigenvalue weighted by Gasteiger charge is -2.11. The molecule has 1 unspecified atom stereocenters. The number of rotatable bonds is 4. The van der Waals surface area contributed by atoms with E-state index >= 15 is 0 Å².